The van der Waals surface area contributed by atoms with Gasteiger partial charge in [-0.3, -0.25) is 4.79 Å². The average Bonchev–Trinajstić information content (AvgIpc) is 2.34. The first-order valence-corrected chi connectivity index (χ1v) is 5.53. The number of aliphatic hydroxyl groups excluding tert-OH is 1. The monoisotopic (exact) mass is 237 g/mol. The molecule has 1 amide bonds. The van der Waals surface area contributed by atoms with Gasteiger partial charge in [0.2, 0.25) is 0 Å². The number of benzene rings is 1. The fraction of sp³-hybridized carbons (Fsp3) is 0.417. The van der Waals surface area contributed by atoms with Gasteiger partial charge in [-0.15, -0.1) is 0 Å². The maximum atomic E-state index is 11.7. The van der Waals surface area contributed by atoms with E-state index in [0.717, 1.165) is 5.69 Å². The fourth-order valence-corrected chi connectivity index (χ4v) is 1.62. The standard InChI is InChI=1S/C12H19N3O2/c1-14-12(17)10-5-4-9(13)8-11(10)15(2)6-3-7-16/h4-5,8,16H,3,6-7,13H2,1-2H3,(H,14,17). The minimum atomic E-state index is -0.143. The van der Waals surface area contributed by atoms with Crippen LogP contribution in [0.4, 0.5) is 11.4 Å². The molecule has 0 aliphatic heterocycles. The van der Waals surface area contributed by atoms with E-state index in [0.29, 0.717) is 24.2 Å². The van der Waals surface area contributed by atoms with Gasteiger partial charge in [0.1, 0.15) is 0 Å². The number of nitrogens with one attached hydrogen (secondary N) is 1. The van der Waals surface area contributed by atoms with Crippen molar-refractivity contribution in [2.75, 3.05) is 37.9 Å². The van der Waals surface area contributed by atoms with Crippen LogP contribution in [0.25, 0.3) is 0 Å². The number of hydrogen-bond acceptors (Lipinski definition) is 4. The molecule has 0 radical (unpaired) electrons. The van der Waals surface area contributed by atoms with Gasteiger partial charge in [0.05, 0.1) is 11.3 Å². The van der Waals surface area contributed by atoms with Crippen LogP contribution in [0.1, 0.15) is 16.8 Å². The molecule has 0 unspecified atom stereocenters. The predicted octanol–water partition coefficient (Wildman–Crippen LogP) is 0.447. The SMILES string of the molecule is CNC(=O)c1ccc(N)cc1N(C)CCCO. The first kappa shape index (κ1) is 13.3. The van der Waals surface area contributed by atoms with E-state index in [1.54, 1.807) is 25.2 Å². The van der Waals surface area contributed by atoms with E-state index >= 15 is 0 Å². The van der Waals surface area contributed by atoms with Gasteiger partial charge < -0.3 is 21.1 Å². The Hall–Kier alpha value is -1.75. The van der Waals surface area contributed by atoms with Gasteiger partial charge in [-0.2, -0.15) is 0 Å². The normalized spacial score (nSPS) is 10.1. The van der Waals surface area contributed by atoms with Crippen molar-refractivity contribution in [3.8, 4) is 0 Å². The zero-order valence-corrected chi connectivity index (χ0v) is 10.2. The molecule has 0 aromatic heterocycles. The molecule has 5 nitrogen and oxygen atoms in total. The van der Waals surface area contributed by atoms with Crippen molar-refractivity contribution >= 4 is 17.3 Å². The predicted molar refractivity (Wildman–Crippen MR) is 69.2 cm³/mol. The van der Waals surface area contributed by atoms with Crippen LogP contribution in [0.2, 0.25) is 0 Å². The Morgan fingerprint density at radius 2 is 2.24 bits per heavy atom. The van der Waals surface area contributed by atoms with E-state index < -0.39 is 0 Å². The largest absolute Gasteiger partial charge is 0.399 e. The molecular weight excluding hydrogens is 218 g/mol. The molecule has 4 N–H and O–H groups in total. The van der Waals surface area contributed by atoms with E-state index in [1.807, 2.05) is 11.9 Å². The number of carbonyl (C=O) groups excluding carboxylic acids is 1. The maximum absolute atomic E-state index is 11.7. The number of hydrogen-bond donors (Lipinski definition) is 3. The van der Waals surface area contributed by atoms with Crippen molar-refractivity contribution in [1.82, 2.24) is 5.32 Å². The van der Waals surface area contributed by atoms with E-state index in [1.165, 1.54) is 0 Å². The quantitative estimate of drug-likeness (QED) is 0.650. The molecule has 0 saturated carbocycles. The Morgan fingerprint density at radius 3 is 2.82 bits per heavy atom. The van der Waals surface area contributed by atoms with Gasteiger partial charge in [-0.1, -0.05) is 0 Å². The molecule has 0 spiro atoms. The third kappa shape index (κ3) is 3.35. The van der Waals surface area contributed by atoms with Gasteiger partial charge in [-0.05, 0) is 24.6 Å². The van der Waals surface area contributed by atoms with E-state index in [4.69, 9.17) is 10.8 Å². The summed E-state index contributed by atoms with van der Waals surface area (Å²) in [5.74, 6) is -0.143. The van der Waals surface area contributed by atoms with Crippen LogP contribution >= 0.6 is 0 Å². The molecule has 0 bridgehead atoms. The van der Waals surface area contributed by atoms with Crippen molar-refractivity contribution in [3.63, 3.8) is 0 Å². The van der Waals surface area contributed by atoms with E-state index in [2.05, 4.69) is 5.32 Å². The van der Waals surface area contributed by atoms with Crippen molar-refractivity contribution in [2.45, 2.75) is 6.42 Å². The first-order chi connectivity index (χ1) is 8.10. The molecule has 0 aliphatic rings. The Morgan fingerprint density at radius 1 is 1.53 bits per heavy atom. The number of nitrogens with two attached hydrogens (primary N) is 1. The summed E-state index contributed by atoms with van der Waals surface area (Å²) in [6.45, 7) is 0.798. The van der Waals surface area contributed by atoms with Crippen LogP contribution in [0, 0.1) is 0 Å². The number of carbonyl (C=O) groups is 1. The summed E-state index contributed by atoms with van der Waals surface area (Å²) in [7, 11) is 3.47. The molecule has 0 heterocycles. The van der Waals surface area contributed by atoms with Crippen LogP contribution in [-0.4, -0.2) is 38.3 Å². The highest BCUT2D eigenvalue weighted by molar-refractivity contribution is 6.00. The summed E-state index contributed by atoms with van der Waals surface area (Å²) in [4.78, 5) is 13.6. The smallest absolute Gasteiger partial charge is 0.253 e. The lowest BCUT2D eigenvalue weighted by Crippen LogP contribution is -2.25. The van der Waals surface area contributed by atoms with Crippen LogP contribution in [-0.2, 0) is 0 Å². The van der Waals surface area contributed by atoms with Gasteiger partial charge in [0.15, 0.2) is 0 Å². The number of amides is 1. The van der Waals surface area contributed by atoms with Gasteiger partial charge in [0, 0.05) is 32.9 Å². The summed E-state index contributed by atoms with van der Waals surface area (Å²) in [5.41, 5.74) is 7.70. The Labute approximate surface area is 101 Å². The fourth-order valence-electron chi connectivity index (χ4n) is 1.62. The Kier molecular flexibility index (Phi) is 4.78. The van der Waals surface area contributed by atoms with Crippen LogP contribution in [0.15, 0.2) is 18.2 Å². The first-order valence-electron chi connectivity index (χ1n) is 5.53. The molecule has 0 fully saturated rings. The molecule has 94 valence electrons. The van der Waals surface area contributed by atoms with E-state index in [9.17, 15) is 4.79 Å². The maximum Gasteiger partial charge on any atom is 0.253 e. The summed E-state index contributed by atoms with van der Waals surface area (Å²) in [5, 5.41) is 11.4. The molecule has 1 rings (SSSR count). The van der Waals surface area contributed by atoms with Crippen molar-refractivity contribution in [1.29, 1.82) is 0 Å². The number of aliphatic hydroxyl groups is 1. The minimum Gasteiger partial charge on any atom is -0.399 e. The number of nitrogens with zero attached hydrogens (tertiary/aromatic N) is 1. The molecule has 0 atom stereocenters. The lowest BCUT2D eigenvalue weighted by molar-refractivity contribution is 0.0963. The van der Waals surface area contributed by atoms with Gasteiger partial charge in [-0.25, -0.2) is 0 Å². The Balaban J connectivity index is 3.01. The number of rotatable bonds is 5. The second kappa shape index (κ2) is 6.10. The lowest BCUT2D eigenvalue weighted by atomic mass is 10.1. The molecule has 0 aliphatic carbocycles. The molecule has 17 heavy (non-hydrogen) atoms. The van der Waals surface area contributed by atoms with Crippen molar-refractivity contribution in [3.05, 3.63) is 23.8 Å². The number of anilines is 2. The lowest BCUT2D eigenvalue weighted by Gasteiger charge is -2.22. The van der Waals surface area contributed by atoms with E-state index in [-0.39, 0.29) is 12.5 Å². The van der Waals surface area contributed by atoms with Crippen molar-refractivity contribution < 1.29 is 9.90 Å². The summed E-state index contributed by atoms with van der Waals surface area (Å²) < 4.78 is 0. The summed E-state index contributed by atoms with van der Waals surface area (Å²) >= 11 is 0. The highest BCUT2D eigenvalue weighted by Crippen LogP contribution is 2.22. The zero-order chi connectivity index (χ0) is 12.8. The van der Waals surface area contributed by atoms with Crippen LogP contribution < -0.4 is 16.0 Å². The third-order valence-corrected chi connectivity index (χ3v) is 2.56. The second-order valence-electron chi connectivity index (χ2n) is 3.85. The van der Waals surface area contributed by atoms with Crippen molar-refractivity contribution in [2.24, 2.45) is 0 Å². The second-order valence-corrected chi connectivity index (χ2v) is 3.85. The van der Waals surface area contributed by atoms with Crippen LogP contribution in [0.3, 0.4) is 0 Å². The topological polar surface area (TPSA) is 78.6 Å². The van der Waals surface area contributed by atoms with Crippen LogP contribution in [0.5, 0.6) is 0 Å². The average molecular weight is 237 g/mol. The Bertz CT molecular complexity index is 393. The molecule has 5 heteroatoms. The highest BCUT2D eigenvalue weighted by atomic mass is 16.3. The molecule has 1 aromatic carbocycles. The highest BCUT2D eigenvalue weighted by Gasteiger charge is 2.13. The molecule has 1 aromatic rings. The summed E-state index contributed by atoms with van der Waals surface area (Å²) in [6.07, 6.45) is 0.651. The molecule has 0 saturated heterocycles. The van der Waals surface area contributed by atoms with Gasteiger partial charge in [0.25, 0.3) is 5.91 Å². The van der Waals surface area contributed by atoms with Gasteiger partial charge >= 0.3 is 0 Å². The number of nitrogen functional groups attached to an aromatic ring is 1. The minimum absolute atomic E-state index is 0.127. The summed E-state index contributed by atoms with van der Waals surface area (Å²) in [6, 6.07) is 5.18. The zero-order valence-electron chi connectivity index (χ0n) is 10.2. The molecular formula is C12H19N3O2. The third-order valence-electron chi connectivity index (χ3n) is 2.56.